The van der Waals surface area contributed by atoms with Gasteiger partial charge in [-0.1, -0.05) is 137 Å². The van der Waals surface area contributed by atoms with E-state index in [0.717, 1.165) is 103 Å². The second-order valence-electron chi connectivity index (χ2n) is 14.9. The number of unbranched alkanes of at least 4 members (excludes halogenated alkanes) is 10. The van der Waals surface area contributed by atoms with Gasteiger partial charge in [0.2, 0.25) is 0 Å². The summed E-state index contributed by atoms with van der Waals surface area (Å²) >= 11 is 0. The van der Waals surface area contributed by atoms with Gasteiger partial charge < -0.3 is 34.3 Å². The summed E-state index contributed by atoms with van der Waals surface area (Å²) in [6.45, 7) is 3.71. The fourth-order valence-electron chi connectivity index (χ4n) is 6.13. The number of rotatable bonds is 37. The number of esters is 1. The molecule has 0 aromatic carbocycles. The lowest BCUT2D eigenvalue weighted by Gasteiger charge is -2.41. The molecular weight excluding hydrogens is 789 g/mol. The Balaban J connectivity index is 2.44. The molecule has 6 atom stereocenters. The molecule has 1 aliphatic heterocycles. The Morgan fingerprint density at radius 3 is 1.70 bits per heavy atom. The molecule has 0 bridgehead atoms. The Morgan fingerprint density at radius 2 is 1.15 bits per heavy atom. The first-order valence-corrected chi connectivity index (χ1v) is 23.7. The third-order valence-corrected chi connectivity index (χ3v) is 9.97. The highest BCUT2D eigenvalue weighted by Gasteiger charge is 2.48. The van der Waals surface area contributed by atoms with E-state index in [1.807, 2.05) is 0 Å². The molecular formula is C47H78O12S. The molecule has 13 heteroatoms. The van der Waals surface area contributed by atoms with Gasteiger partial charge in [-0.15, -0.1) is 0 Å². The van der Waals surface area contributed by atoms with Crippen LogP contribution in [-0.4, -0.2) is 97.5 Å². The molecule has 1 heterocycles. The number of carbonyl (C=O) groups is 1. The van der Waals surface area contributed by atoms with Crippen molar-refractivity contribution in [1.82, 2.24) is 0 Å². The van der Waals surface area contributed by atoms with Crippen LogP contribution in [0.3, 0.4) is 0 Å². The molecule has 0 aromatic rings. The molecule has 12 nitrogen and oxygen atoms in total. The quantitative estimate of drug-likeness (QED) is 0.0202. The van der Waals surface area contributed by atoms with Gasteiger partial charge >= 0.3 is 16.4 Å². The summed E-state index contributed by atoms with van der Waals surface area (Å²) < 4.78 is 58.9. The summed E-state index contributed by atoms with van der Waals surface area (Å²) in [4.78, 5) is 12.8. The number of hydrogen-bond donors (Lipinski definition) is 4. The first-order chi connectivity index (χ1) is 29.1. The van der Waals surface area contributed by atoms with Crippen molar-refractivity contribution in [2.24, 2.45) is 0 Å². The van der Waals surface area contributed by atoms with Crippen molar-refractivity contribution < 1.29 is 56.2 Å². The van der Waals surface area contributed by atoms with Crippen LogP contribution in [0.15, 0.2) is 85.1 Å². The van der Waals surface area contributed by atoms with Crippen LogP contribution in [-0.2, 0) is 38.3 Å². The highest BCUT2D eigenvalue weighted by Crippen LogP contribution is 2.26. The molecule has 0 aliphatic carbocycles. The van der Waals surface area contributed by atoms with Gasteiger partial charge in [0.05, 0.1) is 19.8 Å². The van der Waals surface area contributed by atoms with Crippen molar-refractivity contribution in [1.29, 1.82) is 0 Å². The number of carbonyl (C=O) groups excluding carboxylic acids is 1. The Hall–Kier alpha value is -2.72. The van der Waals surface area contributed by atoms with Crippen LogP contribution < -0.4 is 0 Å². The molecule has 1 aliphatic rings. The Labute approximate surface area is 362 Å². The predicted octanol–water partition coefficient (Wildman–Crippen LogP) is 9.29. The number of ether oxygens (including phenoxy) is 4. The summed E-state index contributed by atoms with van der Waals surface area (Å²) in [6, 6.07) is 0. The molecule has 1 saturated heterocycles. The second-order valence-corrected chi connectivity index (χ2v) is 15.9. The fraction of sp³-hybridized carbons (Fsp3) is 0.681. The molecule has 0 saturated carbocycles. The zero-order chi connectivity index (χ0) is 43.9. The average molecular weight is 867 g/mol. The normalized spacial score (nSPS) is 21.1. The van der Waals surface area contributed by atoms with Crippen LogP contribution in [0.4, 0.5) is 0 Å². The topological polar surface area (TPSA) is 178 Å². The van der Waals surface area contributed by atoms with E-state index in [2.05, 4.69) is 103 Å². The number of hydrogen-bond acceptors (Lipinski definition) is 11. The van der Waals surface area contributed by atoms with E-state index in [-0.39, 0.29) is 19.6 Å². The Kier molecular flexibility index (Phi) is 35.0. The zero-order valence-corrected chi connectivity index (χ0v) is 37.3. The third kappa shape index (κ3) is 31.2. The molecule has 344 valence electrons. The summed E-state index contributed by atoms with van der Waals surface area (Å²) in [7, 11) is -5.07. The highest BCUT2D eigenvalue weighted by atomic mass is 32.3. The molecule has 0 amide bonds. The zero-order valence-electron chi connectivity index (χ0n) is 36.5. The van der Waals surface area contributed by atoms with Crippen molar-refractivity contribution in [2.45, 2.75) is 179 Å². The lowest BCUT2D eigenvalue weighted by atomic mass is 9.99. The first kappa shape index (κ1) is 55.3. The maximum Gasteiger partial charge on any atom is 0.397 e. The van der Waals surface area contributed by atoms with E-state index < -0.39 is 59.8 Å². The van der Waals surface area contributed by atoms with Crippen molar-refractivity contribution in [3.63, 3.8) is 0 Å². The van der Waals surface area contributed by atoms with Gasteiger partial charge in [-0.2, -0.15) is 8.42 Å². The summed E-state index contributed by atoms with van der Waals surface area (Å²) in [5.41, 5.74) is 0. The maximum atomic E-state index is 12.8. The van der Waals surface area contributed by atoms with Gasteiger partial charge in [-0.05, 0) is 83.5 Å². The maximum absolute atomic E-state index is 12.8. The summed E-state index contributed by atoms with van der Waals surface area (Å²) in [5.74, 6) is -0.427. The highest BCUT2D eigenvalue weighted by molar-refractivity contribution is 7.80. The smallest absolute Gasteiger partial charge is 0.397 e. The van der Waals surface area contributed by atoms with Crippen molar-refractivity contribution in [3.05, 3.63) is 85.1 Å². The van der Waals surface area contributed by atoms with Crippen molar-refractivity contribution in [2.75, 3.05) is 26.4 Å². The predicted molar refractivity (Wildman–Crippen MR) is 239 cm³/mol. The van der Waals surface area contributed by atoms with Gasteiger partial charge in [0.1, 0.15) is 30.5 Å². The number of aliphatic hydroxyl groups excluding tert-OH is 3. The largest absolute Gasteiger partial charge is 0.457 e. The first-order valence-electron chi connectivity index (χ1n) is 22.3. The minimum absolute atomic E-state index is 0.00445. The van der Waals surface area contributed by atoms with E-state index in [1.165, 1.54) is 12.8 Å². The third-order valence-electron chi connectivity index (χ3n) is 9.50. The van der Waals surface area contributed by atoms with Gasteiger partial charge in [-0.3, -0.25) is 9.35 Å². The minimum Gasteiger partial charge on any atom is -0.457 e. The molecule has 0 aromatic heterocycles. The van der Waals surface area contributed by atoms with Gasteiger partial charge in [0.15, 0.2) is 6.29 Å². The molecule has 4 N–H and O–H groups in total. The van der Waals surface area contributed by atoms with Gasteiger partial charge in [0, 0.05) is 13.0 Å². The Bertz CT molecular complexity index is 1370. The molecule has 60 heavy (non-hydrogen) atoms. The molecule has 0 spiro atoms. The molecule has 1 rings (SSSR count). The fourth-order valence-corrected chi connectivity index (χ4v) is 6.63. The number of aliphatic hydroxyl groups is 3. The lowest BCUT2D eigenvalue weighted by Crippen LogP contribution is -2.60. The van der Waals surface area contributed by atoms with Crippen LogP contribution >= 0.6 is 0 Å². The minimum atomic E-state index is -5.07. The second kappa shape index (κ2) is 38.0. The van der Waals surface area contributed by atoms with E-state index in [1.54, 1.807) is 0 Å². The van der Waals surface area contributed by atoms with Gasteiger partial charge in [0.25, 0.3) is 0 Å². The van der Waals surface area contributed by atoms with Crippen LogP contribution in [0.25, 0.3) is 0 Å². The standard InChI is InChI=1S/C47H78O12S/c1-3-5-7-9-11-13-15-16-17-18-19-20-21-22-23-24-25-27-29-31-33-35-37-55-39-41(57-43(49)36-34-32-30-28-26-14-12-10-8-6-4-2)40-56-47-45(51)46(59-60(52,53)54)44(50)42(38-48)58-47/h5,7,10-13,16-17,19-20,22-23,25,27,41-42,44-48,50-51H,3-4,6,8-9,14-15,18,21,24,26,28-40H2,1-2H3,(H,52,53,54)/b7-5-,12-10-,13-11-,17-16-,20-19-,23-22-,27-25-. The SMILES string of the molecule is CC/C=C\C/C=C\C/C=C\C/C=C\C/C=C\C/C=C\CCCCCOCC(COC1OC(CO)C(O)C(OS(=O)(=O)O)C1O)OC(=O)CCCCCCC/C=C\CCCC. The molecule has 0 radical (unpaired) electrons. The molecule has 1 fully saturated rings. The van der Waals surface area contributed by atoms with E-state index in [4.69, 9.17) is 23.5 Å². The van der Waals surface area contributed by atoms with Gasteiger partial charge in [-0.25, -0.2) is 4.18 Å². The molecule has 6 unspecified atom stereocenters. The van der Waals surface area contributed by atoms with E-state index in [9.17, 15) is 28.5 Å². The number of allylic oxidation sites excluding steroid dienone is 14. The van der Waals surface area contributed by atoms with E-state index in [0.29, 0.717) is 13.0 Å². The van der Waals surface area contributed by atoms with Crippen LogP contribution in [0.1, 0.15) is 142 Å². The van der Waals surface area contributed by atoms with Crippen LogP contribution in [0.2, 0.25) is 0 Å². The lowest BCUT2D eigenvalue weighted by molar-refractivity contribution is -0.301. The van der Waals surface area contributed by atoms with Crippen molar-refractivity contribution in [3.8, 4) is 0 Å². The van der Waals surface area contributed by atoms with E-state index >= 15 is 0 Å². The average Bonchev–Trinajstić information content (AvgIpc) is 3.22. The van der Waals surface area contributed by atoms with Crippen molar-refractivity contribution >= 4 is 16.4 Å². The monoisotopic (exact) mass is 867 g/mol. The van der Waals surface area contributed by atoms with Crippen LogP contribution in [0, 0.1) is 0 Å². The Morgan fingerprint density at radius 1 is 0.650 bits per heavy atom. The summed E-state index contributed by atoms with van der Waals surface area (Å²) in [5, 5.41) is 30.6. The summed E-state index contributed by atoms with van der Waals surface area (Å²) in [6.07, 6.45) is 40.5. The van der Waals surface area contributed by atoms with Crippen LogP contribution in [0.5, 0.6) is 0 Å².